The fraction of sp³-hybridized carbons (Fsp3) is 0.873. The zero-order chi connectivity index (χ0) is 53.5. The third-order valence-corrected chi connectivity index (χ3v) is 14.9. The molecule has 0 saturated carbocycles. The molecule has 0 heterocycles. The van der Waals surface area contributed by atoms with Gasteiger partial charge in [-0.05, 0) is 51.4 Å². The van der Waals surface area contributed by atoms with E-state index in [1.807, 2.05) is 21.1 Å². The monoisotopic (exact) mass is 1050 g/mol. The lowest BCUT2D eigenvalue weighted by atomic mass is 10.0. The summed E-state index contributed by atoms with van der Waals surface area (Å²) in [5.41, 5.74) is 0. The number of likely N-dealkylation sites (N-methyl/N-ethyl adjacent to an activating group) is 1. The molecule has 1 N–H and O–H groups in total. The molecule has 0 aliphatic heterocycles. The van der Waals surface area contributed by atoms with Crippen LogP contribution < -0.4 is 0 Å². The average molecular weight is 1050 g/mol. The summed E-state index contributed by atoms with van der Waals surface area (Å²) in [6, 6.07) is 0. The molecular weight excluding hydrogens is 930 g/mol. The van der Waals surface area contributed by atoms with Crippen LogP contribution in [0.1, 0.15) is 303 Å². The molecule has 0 aliphatic rings. The van der Waals surface area contributed by atoms with E-state index in [9.17, 15) is 19.0 Å². The largest absolute Gasteiger partial charge is 0.472 e. The smallest absolute Gasteiger partial charge is 0.462 e. The Morgan fingerprint density at radius 1 is 0.425 bits per heavy atom. The maximum atomic E-state index is 12.8. The van der Waals surface area contributed by atoms with Gasteiger partial charge >= 0.3 is 19.8 Å². The highest BCUT2D eigenvalue weighted by atomic mass is 31.2. The summed E-state index contributed by atoms with van der Waals surface area (Å²) in [4.78, 5) is 35.7. The fourth-order valence-electron chi connectivity index (χ4n) is 9.08. The molecule has 0 radical (unpaired) electrons. The molecule has 2 atom stereocenters. The summed E-state index contributed by atoms with van der Waals surface area (Å²) in [6.45, 7) is 4.48. The topological polar surface area (TPSA) is 108 Å². The molecule has 0 aromatic rings. The standard InChI is InChI=1S/C63H120NO8P/c1-6-8-10-12-14-16-18-20-22-24-26-28-29-30-31-32-33-34-35-36-38-40-42-44-46-48-50-52-54-56-63(66)72-61(60-71-73(67,68)70-58-57-64(3,4)5)59-69-62(65)55-53-51-49-47-45-43-41-39-37-27-25-23-21-19-17-15-13-11-9-7-2/h18,20,24,26,29-30,61H,6-17,19,21-23,25,27-28,31-60H2,1-5H3/p+1/b20-18-,26-24-,30-29-. The molecule has 10 heteroatoms. The third-order valence-electron chi connectivity index (χ3n) is 13.9. The molecule has 430 valence electrons. The van der Waals surface area contributed by atoms with Gasteiger partial charge in [-0.3, -0.25) is 18.6 Å². The van der Waals surface area contributed by atoms with Gasteiger partial charge in [-0.25, -0.2) is 4.57 Å². The lowest BCUT2D eigenvalue weighted by molar-refractivity contribution is -0.870. The highest BCUT2D eigenvalue weighted by molar-refractivity contribution is 7.47. The number of unbranched alkanes of at least 4 members (excludes halogenated alkanes) is 38. The number of nitrogens with zero attached hydrogens (tertiary/aromatic N) is 1. The van der Waals surface area contributed by atoms with E-state index in [2.05, 4.69) is 50.3 Å². The first-order valence-electron chi connectivity index (χ1n) is 31.2. The van der Waals surface area contributed by atoms with Gasteiger partial charge in [0.15, 0.2) is 6.10 Å². The second kappa shape index (κ2) is 55.0. The molecule has 0 aromatic heterocycles. The molecule has 0 aliphatic carbocycles. The molecule has 0 rings (SSSR count). The van der Waals surface area contributed by atoms with Crippen molar-refractivity contribution in [2.75, 3.05) is 47.5 Å². The Morgan fingerprint density at radius 3 is 1.10 bits per heavy atom. The van der Waals surface area contributed by atoms with Crippen LogP contribution in [0.3, 0.4) is 0 Å². The van der Waals surface area contributed by atoms with Crippen molar-refractivity contribution in [2.24, 2.45) is 0 Å². The number of phosphoric acid groups is 1. The molecule has 73 heavy (non-hydrogen) atoms. The number of allylic oxidation sites excluding steroid dienone is 6. The number of ether oxygens (including phenoxy) is 2. The van der Waals surface area contributed by atoms with Crippen molar-refractivity contribution in [3.63, 3.8) is 0 Å². The fourth-order valence-corrected chi connectivity index (χ4v) is 9.83. The first-order valence-corrected chi connectivity index (χ1v) is 32.7. The SMILES string of the molecule is CCCCCCC/C=C\C/C=C\C/C=C\CCCCCCCCCCCCCCCCC(=O)OC(COC(=O)CCCCCCCCCCCCCCCCCCCCCC)COP(=O)(O)OCC[N+](C)(C)C. The molecule has 0 saturated heterocycles. The first-order chi connectivity index (χ1) is 35.5. The Bertz CT molecular complexity index is 1330. The van der Waals surface area contributed by atoms with Gasteiger partial charge in [-0.1, -0.05) is 275 Å². The number of quaternary nitrogens is 1. The maximum Gasteiger partial charge on any atom is 0.472 e. The number of carbonyl (C=O) groups is 2. The third kappa shape index (κ3) is 59.3. The van der Waals surface area contributed by atoms with Gasteiger partial charge in [0, 0.05) is 12.8 Å². The summed E-state index contributed by atoms with van der Waals surface area (Å²) < 4.78 is 34.6. The van der Waals surface area contributed by atoms with E-state index >= 15 is 0 Å². The summed E-state index contributed by atoms with van der Waals surface area (Å²) in [5, 5.41) is 0. The second-order valence-corrected chi connectivity index (χ2v) is 23.9. The lowest BCUT2D eigenvalue weighted by Gasteiger charge is -2.24. The van der Waals surface area contributed by atoms with E-state index in [0.29, 0.717) is 23.9 Å². The zero-order valence-electron chi connectivity index (χ0n) is 48.9. The van der Waals surface area contributed by atoms with Gasteiger partial charge in [0.25, 0.3) is 0 Å². The Kier molecular flexibility index (Phi) is 53.7. The van der Waals surface area contributed by atoms with Crippen LogP contribution in [0.2, 0.25) is 0 Å². The van der Waals surface area contributed by atoms with E-state index in [-0.39, 0.29) is 25.6 Å². The van der Waals surface area contributed by atoms with Gasteiger partial charge in [0.05, 0.1) is 27.7 Å². The van der Waals surface area contributed by atoms with Gasteiger partial charge in [0.2, 0.25) is 0 Å². The van der Waals surface area contributed by atoms with Crippen LogP contribution in [0.5, 0.6) is 0 Å². The van der Waals surface area contributed by atoms with Crippen LogP contribution in [0.25, 0.3) is 0 Å². The quantitative estimate of drug-likeness (QED) is 0.0211. The number of esters is 2. The molecule has 2 unspecified atom stereocenters. The van der Waals surface area contributed by atoms with Crippen molar-refractivity contribution >= 4 is 19.8 Å². The molecule has 0 spiro atoms. The molecule has 0 bridgehead atoms. The molecule has 0 amide bonds. The van der Waals surface area contributed by atoms with Crippen LogP contribution in [0.4, 0.5) is 0 Å². The normalized spacial score (nSPS) is 13.5. The van der Waals surface area contributed by atoms with Crippen molar-refractivity contribution in [2.45, 2.75) is 309 Å². The molecular formula is C63H121NO8P+. The van der Waals surface area contributed by atoms with Crippen LogP contribution in [-0.2, 0) is 32.7 Å². The van der Waals surface area contributed by atoms with E-state index in [0.717, 1.165) is 44.9 Å². The minimum atomic E-state index is -4.38. The summed E-state index contributed by atoms with van der Waals surface area (Å²) in [6.07, 6.45) is 67.9. The number of carbonyl (C=O) groups excluding carboxylic acids is 2. The number of hydrogen-bond acceptors (Lipinski definition) is 7. The Labute approximate surface area is 452 Å². The predicted octanol–water partition coefficient (Wildman–Crippen LogP) is 19.5. The van der Waals surface area contributed by atoms with Crippen molar-refractivity contribution in [1.29, 1.82) is 0 Å². The summed E-state index contributed by atoms with van der Waals surface area (Å²) in [5.74, 6) is -0.781. The first kappa shape index (κ1) is 71.2. The van der Waals surface area contributed by atoms with Crippen molar-refractivity contribution in [3.05, 3.63) is 36.5 Å². The Morgan fingerprint density at radius 2 is 0.740 bits per heavy atom. The zero-order valence-corrected chi connectivity index (χ0v) is 49.8. The van der Waals surface area contributed by atoms with Gasteiger partial charge in [-0.2, -0.15) is 0 Å². The number of hydrogen-bond donors (Lipinski definition) is 1. The highest BCUT2D eigenvalue weighted by Gasteiger charge is 2.27. The van der Waals surface area contributed by atoms with Crippen molar-refractivity contribution in [3.8, 4) is 0 Å². The molecule has 9 nitrogen and oxygen atoms in total. The lowest BCUT2D eigenvalue weighted by Crippen LogP contribution is -2.37. The highest BCUT2D eigenvalue weighted by Crippen LogP contribution is 2.43. The summed E-state index contributed by atoms with van der Waals surface area (Å²) in [7, 11) is 1.49. The van der Waals surface area contributed by atoms with Gasteiger partial charge < -0.3 is 18.9 Å². The van der Waals surface area contributed by atoms with Crippen molar-refractivity contribution < 1.29 is 42.1 Å². The van der Waals surface area contributed by atoms with Gasteiger partial charge in [-0.15, -0.1) is 0 Å². The minimum absolute atomic E-state index is 0.0338. The van der Waals surface area contributed by atoms with Crippen molar-refractivity contribution in [1.82, 2.24) is 0 Å². The predicted molar refractivity (Wildman–Crippen MR) is 312 cm³/mol. The van der Waals surface area contributed by atoms with Crippen LogP contribution >= 0.6 is 7.82 Å². The van der Waals surface area contributed by atoms with E-state index in [4.69, 9.17) is 18.5 Å². The van der Waals surface area contributed by atoms with Crippen LogP contribution in [-0.4, -0.2) is 74.9 Å². The van der Waals surface area contributed by atoms with Gasteiger partial charge in [0.1, 0.15) is 19.8 Å². The van der Waals surface area contributed by atoms with Crippen LogP contribution in [0, 0.1) is 0 Å². The maximum absolute atomic E-state index is 12.8. The number of phosphoric ester groups is 1. The van der Waals surface area contributed by atoms with E-state index in [1.54, 1.807) is 0 Å². The Hall–Kier alpha value is -1.77. The molecule has 0 fully saturated rings. The second-order valence-electron chi connectivity index (χ2n) is 22.5. The van der Waals surface area contributed by atoms with Crippen LogP contribution in [0.15, 0.2) is 36.5 Å². The number of rotatable bonds is 58. The van der Waals surface area contributed by atoms with E-state index < -0.39 is 26.5 Å². The van der Waals surface area contributed by atoms with E-state index in [1.165, 1.54) is 225 Å². The summed E-state index contributed by atoms with van der Waals surface area (Å²) >= 11 is 0. The molecule has 0 aromatic carbocycles. The average Bonchev–Trinajstić information content (AvgIpc) is 3.35. The minimum Gasteiger partial charge on any atom is -0.462 e. The Balaban J connectivity index is 4.08.